The van der Waals surface area contributed by atoms with Crippen molar-refractivity contribution < 1.29 is 33.4 Å². The normalized spacial score (nSPS) is 13.2. The highest BCUT2D eigenvalue weighted by molar-refractivity contribution is 5.96. The number of methoxy groups -OCH3 is 1. The molecular formula is C25H36N4O8. The molecule has 3 atom stereocenters. The molecule has 12 heteroatoms. The molecule has 0 bridgehead atoms. The summed E-state index contributed by atoms with van der Waals surface area (Å²) in [5.74, 6) is -2.95. The number of amides is 3. The van der Waals surface area contributed by atoms with E-state index in [0.29, 0.717) is 6.42 Å². The molecule has 1 aromatic heterocycles. The minimum atomic E-state index is -0.975. The molecule has 0 saturated heterocycles. The average Bonchev–Trinajstić information content (AvgIpc) is 2.85. The van der Waals surface area contributed by atoms with Gasteiger partial charge in [-0.3, -0.25) is 19.2 Å². The van der Waals surface area contributed by atoms with Crippen molar-refractivity contribution in [2.45, 2.75) is 65.6 Å². The predicted molar refractivity (Wildman–Crippen MR) is 135 cm³/mol. The highest BCUT2D eigenvalue weighted by atomic mass is 16.5. The molecule has 3 unspecified atom stereocenters. The Morgan fingerprint density at radius 3 is 2.43 bits per heavy atom. The largest absolute Gasteiger partial charge is 0.467 e. The van der Waals surface area contributed by atoms with Crippen LogP contribution in [0, 0.1) is 5.92 Å². The van der Waals surface area contributed by atoms with Crippen LogP contribution in [0.2, 0.25) is 0 Å². The summed E-state index contributed by atoms with van der Waals surface area (Å²) in [6.45, 7) is 6.44. The molecule has 0 aliphatic carbocycles. The van der Waals surface area contributed by atoms with Gasteiger partial charge in [-0.25, -0.2) is 9.59 Å². The molecule has 3 N–H and O–H groups in total. The SMILES string of the molecule is CCOC(=O)C=CCCC(NC(C)=O)C(=O)Nc1cccn(CC(=O)NC(C(=O)OC)C(C)CC)c1=O. The van der Waals surface area contributed by atoms with Crippen LogP contribution < -0.4 is 21.5 Å². The molecule has 0 spiro atoms. The lowest BCUT2D eigenvalue weighted by molar-refractivity contribution is -0.146. The average molecular weight is 521 g/mol. The van der Waals surface area contributed by atoms with Gasteiger partial charge in [0.15, 0.2) is 0 Å². The van der Waals surface area contributed by atoms with E-state index in [9.17, 15) is 28.8 Å². The second kappa shape index (κ2) is 15.9. The van der Waals surface area contributed by atoms with Gasteiger partial charge in [0.25, 0.3) is 5.56 Å². The molecule has 1 aromatic rings. The Hall–Kier alpha value is -3.96. The van der Waals surface area contributed by atoms with Crippen LogP contribution in [-0.2, 0) is 40.0 Å². The number of ether oxygens (including phenoxy) is 2. The third kappa shape index (κ3) is 10.7. The number of carbonyl (C=O) groups excluding carboxylic acids is 5. The third-order valence-corrected chi connectivity index (χ3v) is 5.43. The highest BCUT2D eigenvalue weighted by Crippen LogP contribution is 2.10. The minimum absolute atomic E-state index is 0.0934. The fourth-order valence-corrected chi connectivity index (χ4v) is 3.29. The van der Waals surface area contributed by atoms with Gasteiger partial charge in [-0.05, 0) is 37.8 Å². The summed E-state index contributed by atoms with van der Waals surface area (Å²) in [5, 5.41) is 7.59. The summed E-state index contributed by atoms with van der Waals surface area (Å²) < 4.78 is 10.6. The third-order valence-electron chi connectivity index (χ3n) is 5.43. The number of carbonyl (C=O) groups is 5. The first-order chi connectivity index (χ1) is 17.5. The Bertz CT molecular complexity index is 1050. The fourth-order valence-electron chi connectivity index (χ4n) is 3.29. The van der Waals surface area contributed by atoms with Gasteiger partial charge < -0.3 is 30.0 Å². The number of nitrogens with zero attached hydrogens (tertiary/aromatic N) is 1. The van der Waals surface area contributed by atoms with Gasteiger partial charge in [0.1, 0.15) is 24.3 Å². The van der Waals surface area contributed by atoms with Crippen LogP contribution in [0.4, 0.5) is 5.69 Å². The summed E-state index contributed by atoms with van der Waals surface area (Å²) in [4.78, 5) is 73.2. The van der Waals surface area contributed by atoms with Crippen molar-refractivity contribution in [1.82, 2.24) is 15.2 Å². The van der Waals surface area contributed by atoms with Crippen molar-refractivity contribution in [3.8, 4) is 0 Å². The van der Waals surface area contributed by atoms with Crippen molar-refractivity contribution in [3.05, 3.63) is 40.8 Å². The first kappa shape index (κ1) is 31.1. The monoisotopic (exact) mass is 520 g/mol. The molecule has 0 aliphatic rings. The number of hydrogen-bond donors (Lipinski definition) is 3. The maximum Gasteiger partial charge on any atom is 0.330 e. The Kier molecular flexibility index (Phi) is 13.4. The van der Waals surface area contributed by atoms with Gasteiger partial charge in [0.05, 0.1) is 13.7 Å². The second-order valence-corrected chi connectivity index (χ2v) is 8.28. The first-order valence-corrected chi connectivity index (χ1v) is 12.0. The van der Waals surface area contributed by atoms with E-state index in [1.165, 1.54) is 44.5 Å². The van der Waals surface area contributed by atoms with Crippen molar-refractivity contribution in [2.24, 2.45) is 5.92 Å². The quantitative estimate of drug-likeness (QED) is 0.241. The zero-order valence-corrected chi connectivity index (χ0v) is 21.9. The standard InChI is InChI=1S/C25H36N4O8/c1-6-16(3)22(25(35)36-5)28-20(31)15-29-14-10-12-19(24(29)34)27-23(33)18(26-17(4)30)11-8-9-13-21(32)37-7-2/h9-10,12-14,16,18,22H,6-8,11,15H2,1-5H3,(H,26,30)(H,27,33)(H,28,31). The number of allylic oxidation sites excluding steroid dienone is 1. The highest BCUT2D eigenvalue weighted by Gasteiger charge is 2.27. The van der Waals surface area contributed by atoms with Gasteiger partial charge in [-0.15, -0.1) is 0 Å². The van der Waals surface area contributed by atoms with E-state index in [0.717, 1.165) is 4.57 Å². The molecule has 3 amide bonds. The van der Waals surface area contributed by atoms with Crippen LogP contribution in [0.1, 0.15) is 47.0 Å². The molecule has 0 fully saturated rings. The van der Waals surface area contributed by atoms with Crippen LogP contribution >= 0.6 is 0 Å². The van der Waals surface area contributed by atoms with Gasteiger partial charge in [0, 0.05) is 19.2 Å². The van der Waals surface area contributed by atoms with Crippen LogP contribution in [0.5, 0.6) is 0 Å². The molecule has 0 radical (unpaired) electrons. The van der Waals surface area contributed by atoms with Crippen molar-refractivity contribution in [1.29, 1.82) is 0 Å². The number of aromatic nitrogens is 1. The molecular weight excluding hydrogens is 484 g/mol. The lowest BCUT2D eigenvalue weighted by Gasteiger charge is -2.22. The first-order valence-electron chi connectivity index (χ1n) is 12.0. The van der Waals surface area contributed by atoms with Crippen molar-refractivity contribution in [3.63, 3.8) is 0 Å². The van der Waals surface area contributed by atoms with E-state index in [-0.39, 0.29) is 37.6 Å². The fraction of sp³-hybridized carbons (Fsp3) is 0.520. The Balaban J connectivity index is 2.93. The number of rotatable bonds is 14. The Morgan fingerprint density at radius 2 is 1.84 bits per heavy atom. The summed E-state index contributed by atoms with van der Waals surface area (Å²) >= 11 is 0. The van der Waals surface area contributed by atoms with E-state index in [1.807, 2.05) is 6.92 Å². The van der Waals surface area contributed by atoms with Crippen LogP contribution in [0.25, 0.3) is 0 Å². The zero-order chi connectivity index (χ0) is 28.0. The van der Waals surface area contributed by atoms with E-state index in [2.05, 4.69) is 16.0 Å². The van der Waals surface area contributed by atoms with Crippen LogP contribution in [0.15, 0.2) is 35.3 Å². The number of hydrogen-bond acceptors (Lipinski definition) is 8. The maximum absolute atomic E-state index is 12.9. The van der Waals surface area contributed by atoms with Gasteiger partial charge >= 0.3 is 11.9 Å². The number of pyridine rings is 1. The summed E-state index contributed by atoms with van der Waals surface area (Å²) in [5.41, 5.74) is -0.739. The smallest absolute Gasteiger partial charge is 0.330 e. The lowest BCUT2D eigenvalue weighted by Crippen LogP contribution is -2.47. The molecule has 0 aliphatic heterocycles. The molecule has 1 rings (SSSR count). The van der Waals surface area contributed by atoms with Crippen LogP contribution in [-0.4, -0.2) is 60.0 Å². The van der Waals surface area contributed by atoms with Crippen molar-refractivity contribution >= 4 is 35.3 Å². The van der Waals surface area contributed by atoms with Crippen LogP contribution in [0.3, 0.4) is 0 Å². The topological polar surface area (TPSA) is 162 Å². The van der Waals surface area contributed by atoms with E-state index >= 15 is 0 Å². The Labute approximate surface area is 215 Å². The van der Waals surface area contributed by atoms with Crippen molar-refractivity contribution in [2.75, 3.05) is 19.0 Å². The molecule has 12 nitrogen and oxygen atoms in total. The minimum Gasteiger partial charge on any atom is -0.467 e. The van der Waals surface area contributed by atoms with Gasteiger partial charge in [-0.1, -0.05) is 26.3 Å². The number of esters is 2. The molecule has 204 valence electrons. The number of nitrogens with one attached hydrogen (secondary N) is 3. The molecule has 37 heavy (non-hydrogen) atoms. The van der Waals surface area contributed by atoms with Gasteiger partial charge in [-0.2, -0.15) is 0 Å². The van der Waals surface area contributed by atoms with E-state index in [1.54, 1.807) is 13.8 Å². The zero-order valence-electron chi connectivity index (χ0n) is 21.9. The van der Waals surface area contributed by atoms with E-state index < -0.39 is 47.3 Å². The Morgan fingerprint density at radius 1 is 1.14 bits per heavy atom. The molecule has 0 saturated carbocycles. The molecule has 0 aromatic carbocycles. The number of anilines is 1. The van der Waals surface area contributed by atoms with E-state index in [4.69, 9.17) is 9.47 Å². The lowest BCUT2D eigenvalue weighted by atomic mass is 9.99. The predicted octanol–water partition coefficient (Wildman–Crippen LogP) is 0.895. The second-order valence-electron chi connectivity index (χ2n) is 8.28. The molecule has 1 heterocycles. The summed E-state index contributed by atoms with van der Waals surface area (Å²) in [7, 11) is 1.23. The maximum atomic E-state index is 12.9. The summed E-state index contributed by atoms with van der Waals surface area (Å²) in [6.07, 6.45) is 5.20. The van der Waals surface area contributed by atoms with Gasteiger partial charge in [0.2, 0.25) is 17.7 Å². The summed E-state index contributed by atoms with van der Waals surface area (Å²) in [6, 6.07) is 1.01.